The van der Waals surface area contributed by atoms with Crippen LogP contribution < -0.4 is 4.74 Å². The summed E-state index contributed by atoms with van der Waals surface area (Å²) >= 11 is 1.06. The summed E-state index contributed by atoms with van der Waals surface area (Å²) in [6, 6.07) is 27.6. The minimum absolute atomic E-state index is 0.129. The lowest BCUT2D eigenvalue weighted by molar-refractivity contribution is 0.0702. The Hall–Kier alpha value is -4.16. The number of hydrogen-bond donors (Lipinski definition) is 1. The van der Waals surface area contributed by atoms with Gasteiger partial charge in [0.05, 0.1) is 17.7 Å². The number of nitrogens with zero attached hydrogens (tertiary/aromatic N) is 1. The first-order valence-corrected chi connectivity index (χ1v) is 12.5. The summed E-state index contributed by atoms with van der Waals surface area (Å²) in [4.78, 5) is 26.7. The number of carboxylic acid groups (broad SMARTS) is 1. The summed E-state index contributed by atoms with van der Waals surface area (Å²) in [5, 5.41) is 10.8. The molecule has 1 aliphatic carbocycles. The molecule has 0 spiro atoms. The third-order valence-corrected chi connectivity index (χ3v) is 8.35. The second-order valence-corrected chi connectivity index (χ2v) is 10.2. The number of methoxy groups -OCH3 is 1. The van der Waals surface area contributed by atoms with Gasteiger partial charge < -0.3 is 14.4 Å². The summed E-state index contributed by atoms with van der Waals surface area (Å²) < 4.78 is 7.39. The van der Waals surface area contributed by atoms with Gasteiger partial charge in [-0.2, -0.15) is 0 Å². The van der Waals surface area contributed by atoms with Crippen molar-refractivity contribution in [3.8, 4) is 5.75 Å². The van der Waals surface area contributed by atoms with Crippen molar-refractivity contribution in [3.63, 3.8) is 0 Å². The Morgan fingerprint density at radius 2 is 1.69 bits per heavy atom. The highest BCUT2D eigenvalue weighted by atomic mass is 32.1. The Morgan fingerprint density at radius 1 is 1.00 bits per heavy atom. The third kappa shape index (κ3) is 3.14. The van der Waals surface area contributed by atoms with Crippen LogP contribution in [-0.2, 0) is 12.0 Å². The fraction of sp³-hybridized carbons (Fsp3) is 0.133. The molecular weight excluding hydrogens is 470 g/mol. The second-order valence-electron chi connectivity index (χ2n) is 9.15. The van der Waals surface area contributed by atoms with Gasteiger partial charge in [0.2, 0.25) is 5.78 Å². The van der Waals surface area contributed by atoms with Crippen molar-refractivity contribution in [2.45, 2.75) is 18.9 Å². The standard InChI is InChI=1S/C30H23NO4S/c1-30(19-8-4-3-5-9-19)22-16-24(29(33)34)36-28(22)27(32)26-25(30)21-10-6-7-11-23(21)31(26)17-18-12-14-20(35-2)15-13-18/h3-16H,17H2,1-2H3,(H,33,34). The lowest BCUT2D eigenvalue weighted by Crippen LogP contribution is -2.33. The van der Waals surface area contributed by atoms with E-state index in [-0.39, 0.29) is 10.7 Å². The fourth-order valence-electron chi connectivity index (χ4n) is 5.47. The summed E-state index contributed by atoms with van der Waals surface area (Å²) in [6.45, 7) is 2.61. The number of ether oxygens (including phenoxy) is 1. The number of fused-ring (bicyclic) bond motifs is 4. The number of ketones is 1. The molecule has 1 aliphatic rings. The van der Waals surface area contributed by atoms with Crippen LogP contribution in [0.4, 0.5) is 0 Å². The molecule has 0 amide bonds. The van der Waals surface area contributed by atoms with Crippen LogP contribution >= 0.6 is 11.3 Å². The molecule has 1 atom stereocenters. The highest BCUT2D eigenvalue weighted by Gasteiger charge is 2.47. The number of carboxylic acids is 1. The zero-order valence-corrected chi connectivity index (χ0v) is 20.6. The molecule has 1 N–H and O–H groups in total. The molecule has 6 heteroatoms. The van der Waals surface area contributed by atoms with Crippen LogP contribution in [0.3, 0.4) is 0 Å². The van der Waals surface area contributed by atoms with Gasteiger partial charge in [0.15, 0.2) is 0 Å². The molecule has 0 aliphatic heterocycles. The van der Waals surface area contributed by atoms with E-state index >= 15 is 0 Å². The van der Waals surface area contributed by atoms with E-state index in [1.807, 2.05) is 60.7 Å². The summed E-state index contributed by atoms with van der Waals surface area (Å²) in [7, 11) is 1.64. The summed E-state index contributed by atoms with van der Waals surface area (Å²) in [5.41, 5.74) is 4.62. The monoisotopic (exact) mass is 493 g/mol. The van der Waals surface area contributed by atoms with Gasteiger partial charge in [0.25, 0.3) is 0 Å². The molecule has 5 nitrogen and oxygen atoms in total. The van der Waals surface area contributed by atoms with Gasteiger partial charge in [-0.3, -0.25) is 4.79 Å². The molecule has 2 heterocycles. The molecule has 0 saturated carbocycles. The average Bonchev–Trinajstić information content (AvgIpc) is 3.50. The number of aromatic carboxylic acids is 1. The first-order chi connectivity index (χ1) is 17.4. The molecule has 0 bridgehead atoms. The van der Waals surface area contributed by atoms with Gasteiger partial charge in [0.1, 0.15) is 10.6 Å². The predicted molar refractivity (Wildman–Crippen MR) is 141 cm³/mol. The molecule has 6 rings (SSSR count). The first kappa shape index (κ1) is 22.3. The van der Waals surface area contributed by atoms with Crippen molar-refractivity contribution in [1.29, 1.82) is 0 Å². The van der Waals surface area contributed by atoms with Crippen LogP contribution in [0.2, 0.25) is 0 Å². The molecule has 0 radical (unpaired) electrons. The van der Waals surface area contributed by atoms with Crippen molar-refractivity contribution in [2.75, 3.05) is 7.11 Å². The maximum Gasteiger partial charge on any atom is 0.345 e. The van der Waals surface area contributed by atoms with Crippen LogP contribution in [0, 0.1) is 0 Å². The van der Waals surface area contributed by atoms with Crippen LogP contribution in [0.25, 0.3) is 10.9 Å². The number of hydrogen-bond acceptors (Lipinski definition) is 4. The van der Waals surface area contributed by atoms with E-state index in [2.05, 4.69) is 29.7 Å². The zero-order valence-electron chi connectivity index (χ0n) is 19.8. The number of carbonyl (C=O) groups excluding carboxylic acids is 1. The molecule has 36 heavy (non-hydrogen) atoms. The van der Waals surface area contributed by atoms with E-state index < -0.39 is 11.4 Å². The number of benzene rings is 3. The van der Waals surface area contributed by atoms with Crippen molar-refractivity contribution in [1.82, 2.24) is 4.57 Å². The van der Waals surface area contributed by atoms with Crippen molar-refractivity contribution in [2.24, 2.45) is 0 Å². The first-order valence-electron chi connectivity index (χ1n) is 11.7. The number of rotatable bonds is 5. The molecule has 0 saturated heterocycles. The Balaban J connectivity index is 1.67. The molecule has 2 aromatic heterocycles. The quantitative estimate of drug-likeness (QED) is 0.309. The lowest BCUT2D eigenvalue weighted by atomic mass is 9.66. The van der Waals surface area contributed by atoms with Gasteiger partial charge in [-0.1, -0.05) is 60.7 Å². The maximum absolute atomic E-state index is 14.1. The maximum atomic E-state index is 14.1. The van der Waals surface area contributed by atoms with Crippen LogP contribution in [-0.4, -0.2) is 28.5 Å². The van der Waals surface area contributed by atoms with Crippen LogP contribution in [0.15, 0.2) is 84.9 Å². The predicted octanol–water partition coefficient (Wildman–Crippen LogP) is 6.36. The highest BCUT2D eigenvalue weighted by Crippen LogP contribution is 2.52. The van der Waals surface area contributed by atoms with Gasteiger partial charge in [-0.05, 0) is 47.9 Å². The van der Waals surface area contributed by atoms with Crippen LogP contribution in [0.5, 0.6) is 5.75 Å². The molecule has 1 unspecified atom stereocenters. The Morgan fingerprint density at radius 3 is 2.39 bits per heavy atom. The van der Waals surface area contributed by atoms with E-state index in [9.17, 15) is 14.7 Å². The number of thiophene rings is 1. The topological polar surface area (TPSA) is 68.5 Å². The number of aromatic nitrogens is 1. The Bertz CT molecular complexity index is 1650. The largest absolute Gasteiger partial charge is 0.497 e. The minimum Gasteiger partial charge on any atom is -0.497 e. The summed E-state index contributed by atoms with van der Waals surface area (Å²) in [5.74, 6) is -0.376. The van der Waals surface area contributed by atoms with E-state index in [0.717, 1.165) is 50.2 Å². The highest BCUT2D eigenvalue weighted by molar-refractivity contribution is 7.16. The number of para-hydroxylation sites is 1. The van der Waals surface area contributed by atoms with E-state index in [1.54, 1.807) is 13.2 Å². The van der Waals surface area contributed by atoms with Crippen molar-refractivity contribution < 1.29 is 19.4 Å². The van der Waals surface area contributed by atoms with Gasteiger partial charge in [-0.25, -0.2) is 4.79 Å². The third-order valence-electron chi connectivity index (χ3n) is 7.22. The average molecular weight is 494 g/mol. The zero-order chi connectivity index (χ0) is 25.0. The van der Waals surface area contributed by atoms with E-state index in [4.69, 9.17) is 4.74 Å². The lowest BCUT2D eigenvalue weighted by Gasteiger charge is -2.35. The SMILES string of the molecule is COc1ccc(Cn2c3c(c4ccccc42)C(C)(c2ccccc2)c2cc(C(=O)O)sc2C3=O)cc1. The molecule has 5 aromatic rings. The fourth-order valence-corrected chi connectivity index (χ4v) is 6.52. The minimum atomic E-state index is -1.02. The van der Waals surface area contributed by atoms with Crippen molar-refractivity contribution >= 4 is 34.0 Å². The van der Waals surface area contributed by atoms with Crippen molar-refractivity contribution in [3.05, 3.63) is 123 Å². The molecule has 178 valence electrons. The Kier molecular flexibility index (Phi) is 5.09. The molecule has 0 fully saturated rings. The molecule has 3 aromatic carbocycles. The van der Waals surface area contributed by atoms with Crippen LogP contribution in [0.1, 0.15) is 54.2 Å². The Labute approximate surface area is 212 Å². The number of carbonyl (C=O) groups is 2. The second kappa shape index (κ2) is 8.21. The van der Waals surface area contributed by atoms with Gasteiger partial charge in [-0.15, -0.1) is 11.3 Å². The van der Waals surface area contributed by atoms with Gasteiger partial charge >= 0.3 is 5.97 Å². The molecular formula is C30H23NO4S. The van der Waals surface area contributed by atoms with Gasteiger partial charge in [0, 0.05) is 28.4 Å². The van der Waals surface area contributed by atoms with E-state index in [0.29, 0.717) is 17.1 Å². The van der Waals surface area contributed by atoms with E-state index in [1.165, 1.54) is 0 Å². The summed E-state index contributed by atoms with van der Waals surface area (Å²) in [6.07, 6.45) is 0. The smallest absolute Gasteiger partial charge is 0.345 e. The normalized spacial score (nSPS) is 16.6.